The highest BCUT2D eigenvalue weighted by atomic mass is 32.2. The number of nitrogens with zero attached hydrogens (tertiary/aromatic N) is 1. The van der Waals surface area contributed by atoms with Crippen molar-refractivity contribution < 1.29 is 13.2 Å². The van der Waals surface area contributed by atoms with E-state index in [1.165, 1.54) is 9.87 Å². The van der Waals surface area contributed by atoms with Crippen LogP contribution in [0.1, 0.15) is 17.0 Å². The molecule has 0 radical (unpaired) electrons. The lowest BCUT2D eigenvalue weighted by Crippen LogP contribution is -2.30. The smallest absolute Gasteiger partial charge is 0.263 e. The second-order valence-electron chi connectivity index (χ2n) is 6.77. The Hall–Kier alpha value is -2.27. The highest BCUT2D eigenvalue weighted by Gasteiger charge is 2.52. The lowest BCUT2D eigenvalue weighted by atomic mass is 10.1. The van der Waals surface area contributed by atoms with E-state index in [0.29, 0.717) is 29.2 Å². The third-order valence-electron chi connectivity index (χ3n) is 5.22. The summed E-state index contributed by atoms with van der Waals surface area (Å²) in [5, 5.41) is 0. The van der Waals surface area contributed by atoms with Gasteiger partial charge in [0.25, 0.3) is 10.0 Å². The lowest BCUT2D eigenvalue weighted by molar-refractivity contribution is 0.414. The fourth-order valence-electron chi connectivity index (χ4n) is 3.68. The predicted octanol–water partition coefficient (Wildman–Crippen LogP) is 3.55. The number of ether oxygens (including phenoxy) is 1. The zero-order valence-corrected chi connectivity index (χ0v) is 15.1. The molecule has 4 rings (SSSR count). The summed E-state index contributed by atoms with van der Waals surface area (Å²) in [6, 6.07) is 15.1. The largest absolute Gasteiger partial charge is 0.497 e. The van der Waals surface area contributed by atoms with E-state index < -0.39 is 10.0 Å². The summed E-state index contributed by atoms with van der Waals surface area (Å²) in [4.78, 5) is 0.350. The average Bonchev–Trinajstić information content (AvgIpc) is 3.35. The quantitative estimate of drug-likeness (QED) is 0.843. The first-order chi connectivity index (χ1) is 12.0. The third-order valence-corrected chi connectivity index (χ3v) is 6.98. The molecule has 130 valence electrons. The Labute approximate surface area is 148 Å². The highest BCUT2D eigenvalue weighted by molar-refractivity contribution is 7.89. The summed E-state index contributed by atoms with van der Waals surface area (Å²) >= 11 is 0. The van der Waals surface area contributed by atoms with Crippen LogP contribution in [0.3, 0.4) is 0 Å². The van der Waals surface area contributed by atoms with Crippen LogP contribution in [-0.2, 0) is 10.0 Å². The molecule has 3 atom stereocenters. The zero-order valence-electron chi connectivity index (χ0n) is 14.3. The maximum atomic E-state index is 12.8. The molecule has 0 bridgehead atoms. The second-order valence-corrected chi connectivity index (χ2v) is 8.66. The van der Waals surface area contributed by atoms with E-state index in [4.69, 9.17) is 4.74 Å². The van der Waals surface area contributed by atoms with Crippen molar-refractivity contribution in [2.75, 3.05) is 13.7 Å². The van der Waals surface area contributed by atoms with Gasteiger partial charge in [0.2, 0.25) is 0 Å². The second kappa shape index (κ2) is 5.92. The standard InChI is InChI=1S/C20H21NO3S/c1-14-3-9-17(10-4-14)25(22,23)21-12-11-18-19(13-21)20(18)15-5-7-16(24-2)8-6-15/h3-12,18-20H,13H2,1-2H3/t18-,19+,20+/m1/s1. The number of rotatable bonds is 4. The van der Waals surface area contributed by atoms with Gasteiger partial charge in [-0.2, -0.15) is 0 Å². The van der Waals surface area contributed by atoms with Crippen LogP contribution in [0.2, 0.25) is 0 Å². The van der Waals surface area contributed by atoms with Gasteiger partial charge in [-0.05, 0) is 54.5 Å². The number of hydrogen-bond acceptors (Lipinski definition) is 3. The molecule has 5 heteroatoms. The maximum absolute atomic E-state index is 12.8. The number of hydrogen-bond donors (Lipinski definition) is 0. The first-order valence-electron chi connectivity index (χ1n) is 8.41. The van der Waals surface area contributed by atoms with Crippen molar-refractivity contribution in [2.45, 2.75) is 17.7 Å². The molecule has 2 aromatic rings. The van der Waals surface area contributed by atoms with Gasteiger partial charge in [0.15, 0.2) is 0 Å². The molecular weight excluding hydrogens is 334 g/mol. The van der Waals surface area contributed by atoms with Gasteiger partial charge in [0.05, 0.1) is 12.0 Å². The Morgan fingerprint density at radius 3 is 2.36 bits per heavy atom. The molecule has 0 N–H and O–H groups in total. The average molecular weight is 355 g/mol. The van der Waals surface area contributed by atoms with Crippen LogP contribution >= 0.6 is 0 Å². The number of aryl methyl sites for hydroxylation is 1. The Bertz CT molecular complexity index is 901. The first-order valence-corrected chi connectivity index (χ1v) is 9.85. The van der Waals surface area contributed by atoms with Gasteiger partial charge in [-0.3, -0.25) is 4.31 Å². The van der Waals surface area contributed by atoms with Crippen molar-refractivity contribution in [3.63, 3.8) is 0 Å². The number of fused-ring (bicyclic) bond motifs is 1. The van der Waals surface area contributed by atoms with Crippen molar-refractivity contribution in [1.29, 1.82) is 0 Å². The van der Waals surface area contributed by atoms with E-state index in [9.17, 15) is 8.42 Å². The number of sulfonamides is 1. The first kappa shape index (κ1) is 16.2. The van der Waals surface area contributed by atoms with Gasteiger partial charge >= 0.3 is 0 Å². The molecule has 1 fully saturated rings. The van der Waals surface area contributed by atoms with Crippen LogP contribution < -0.4 is 4.74 Å². The summed E-state index contributed by atoms with van der Waals surface area (Å²) < 4.78 is 32.4. The SMILES string of the molecule is COc1ccc([C@H]2[C@@H]3C=CN(S(=O)(=O)c4ccc(C)cc4)C[C@@H]32)cc1. The molecule has 1 aliphatic heterocycles. The molecule has 1 saturated carbocycles. The fraction of sp³-hybridized carbons (Fsp3) is 0.300. The van der Waals surface area contributed by atoms with E-state index in [1.807, 2.05) is 37.3 Å². The van der Waals surface area contributed by atoms with Gasteiger partial charge in [-0.25, -0.2) is 8.42 Å². The van der Waals surface area contributed by atoms with Gasteiger partial charge in [-0.15, -0.1) is 0 Å². The number of benzene rings is 2. The molecule has 25 heavy (non-hydrogen) atoms. The summed E-state index contributed by atoms with van der Waals surface area (Å²) in [5.41, 5.74) is 2.30. The van der Waals surface area contributed by atoms with E-state index in [-0.39, 0.29) is 0 Å². The minimum Gasteiger partial charge on any atom is -0.497 e. The van der Waals surface area contributed by atoms with Crippen LogP contribution in [0, 0.1) is 18.8 Å². The van der Waals surface area contributed by atoms with Crippen molar-refractivity contribution in [3.05, 3.63) is 71.9 Å². The minimum atomic E-state index is -3.47. The maximum Gasteiger partial charge on any atom is 0.263 e. The van der Waals surface area contributed by atoms with E-state index in [1.54, 1.807) is 25.4 Å². The predicted molar refractivity (Wildman–Crippen MR) is 96.9 cm³/mol. The fourth-order valence-corrected chi connectivity index (χ4v) is 5.03. The van der Waals surface area contributed by atoms with E-state index >= 15 is 0 Å². The molecule has 4 nitrogen and oxygen atoms in total. The molecule has 2 aliphatic rings. The summed E-state index contributed by atoms with van der Waals surface area (Å²) in [5.74, 6) is 2.00. The Morgan fingerprint density at radius 1 is 1.04 bits per heavy atom. The number of methoxy groups -OCH3 is 1. The molecule has 0 amide bonds. The molecule has 1 aliphatic carbocycles. The zero-order chi connectivity index (χ0) is 17.6. The van der Waals surface area contributed by atoms with Crippen LogP contribution in [0.25, 0.3) is 0 Å². The van der Waals surface area contributed by atoms with Crippen LogP contribution in [0.15, 0.2) is 65.7 Å². The molecule has 0 unspecified atom stereocenters. The molecule has 1 heterocycles. The van der Waals surface area contributed by atoms with Gasteiger partial charge < -0.3 is 4.74 Å². The van der Waals surface area contributed by atoms with E-state index in [2.05, 4.69) is 12.1 Å². The highest BCUT2D eigenvalue weighted by Crippen LogP contribution is 2.57. The van der Waals surface area contributed by atoms with Gasteiger partial charge in [0, 0.05) is 12.7 Å². The van der Waals surface area contributed by atoms with Gasteiger partial charge in [0.1, 0.15) is 5.75 Å². The van der Waals surface area contributed by atoms with E-state index in [0.717, 1.165) is 11.3 Å². The Kier molecular flexibility index (Phi) is 3.84. The molecule has 0 spiro atoms. The Balaban J connectivity index is 1.52. The third kappa shape index (κ3) is 2.82. The normalized spacial score (nSPS) is 24.7. The Morgan fingerprint density at radius 2 is 1.72 bits per heavy atom. The van der Waals surface area contributed by atoms with Crippen molar-refractivity contribution in [2.24, 2.45) is 11.8 Å². The van der Waals surface area contributed by atoms with Crippen molar-refractivity contribution >= 4 is 10.0 Å². The molecule has 0 saturated heterocycles. The molecular formula is C20H21NO3S. The van der Waals surface area contributed by atoms with Crippen molar-refractivity contribution in [3.8, 4) is 5.75 Å². The van der Waals surface area contributed by atoms with Crippen molar-refractivity contribution in [1.82, 2.24) is 4.31 Å². The van der Waals surface area contributed by atoms with Crippen LogP contribution in [0.5, 0.6) is 5.75 Å². The number of allylic oxidation sites excluding steroid dienone is 1. The monoisotopic (exact) mass is 355 g/mol. The topological polar surface area (TPSA) is 46.6 Å². The van der Waals surface area contributed by atoms with Gasteiger partial charge in [-0.1, -0.05) is 35.9 Å². The minimum absolute atomic E-state index is 0.346. The summed E-state index contributed by atoms with van der Waals surface area (Å²) in [7, 11) is -1.82. The molecule has 2 aromatic carbocycles. The lowest BCUT2D eigenvalue weighted by Gasteiger charge is -2.23. The van der Waals surface area contributed by atoms with Crippen LogP contribution in [0.4, 0.5) is 0 Å². The summed E-state index contributed by atoms with van der Waals surface area (Å²) in [6.45, 7) is 2.49. The summed E-state index contributed by atoms with van der Waals surface area (Å²) in [6.07, 6.45) is 3.77. The van der Waals surface area contributed by atoms with Crippen LogP contribution in [-0.4, -0.2) is 26.4 Å². The molecule has 0 aromatic heterocycles.